The molecule has 2 heterocycles. The van der Waals surface area contributed by atoms with E-state index < -0.39 is 17.5 Å². The van der Waals surface area contributed by atoms with Gasteiger partial charge in [-0.15, -0.1) is 11.3 Å². The second-order valence-corrected chi connectivity index (χ2v) is 7.93. The van der Waals surface area contributed by atoms with Crippen LogP contribution in [0.5, 0.6) is 5.75 Å². The van der Waals surface area contributed by atoms with Crippen LogP contribution in [0.25, 0.3) is 0 Å². The molecule has 0 saturated carbocycles. The topological polar surface area (TPSA) is 87.7 Å². The first-order valence-electron chi connectivity index (χ1n) is 9.15. The van der Waals surface area contributed by atoms with Gasteiger partial charge in [-0.25, -0.2) is 4.79 Å². The highest BCUT2D eigenvalue weighted by Crippen LogP contribution is 2.41. The zero-order chi connectivity index (χ0) is 19.7. The van der Waals surface area contributed by atoms with Crippen LogP contribution in [-0.4, -0.2) is 36.4 Å². The highest BCUT2D eigenvalue weighted by atomic mass is 32.1. The summed E-state index contributed by atoms with van der Waals surface area (Å²) in [7, 11) is 1.57. The summed E-state index contributed by atoms with van der Waals surface area (Å²) in [4.78, 5) is 40.2. The van der Waals surface area contributed by atoms with Gasteiger partial charge in [0, 0.05) is 22.5 Å². The fourth-order valence-electron chi connectivity index (χ4n) is 3.93. The van der Waals surface area contributed by atoms with Crippen molar-refractivity contribution in [3.8, 4) is 5.75 Å². The quantitative estimate of drug-likeness (QED) is 0.755. The minimum absolute atomic E-state index is 0.256. The molecule has 0 bridgehead atoms. The molecule has 8 heteroatoms. The molecule has 0 unspecified atom stereocenters. The predicted molar refractivity (Wildman–Crippen MR) is 104 cm³/mol. The summed E-state index contributed by atoms with van der Waals surface area (Å²) >= 11 is 1.60. The Morgan fingerprint density at radius 1 is 1.32 bits per heavy atom. The molecule has 7 nitrogen and oxygen atoms in total. The van der Waals surface area contributed by atoms with E-state index in [-0.39, 0.29) is 19.0 Å². The first-order valence-corrected chi connectivity index (χ1v) is 10.0. The number of benzene rings is 1. The monoisotopic (exact) mass is 399 g/mol. The number of thiophene rings is 1. The van der Waals surface area contributed by atoms with Crippen LogP contribution >= 0.6 is 11.3 Å². The fourth-order valence-corrected chi connectivity index (χ4v) is 4.93. The SMILES string of the molecule is COc1ccccc1CNC(=O)CN1C(=O)N[C@@]2(CCCc3sccc32)C1=O. The Labute approximate surface area is 166 Å². The number of para-hydroxylation sites is 1. The molecular formula is C20H21N3O4S. The predicted octanol–water partition coefficient (Wildman–Crippen LogP) is 2.16. The average Bonchev–Trinajstić information content (AvgIpc) is 3.27. The van der Waals surface area contributed by atoms with E-state index >= 15 is 0 Å². The average molecular weight is 399 g/mol. The molecular weight excluding hydrogens is 378 g/mol. The molecule has 1 atom stereocenters. The van der Waals surface area contributed by atoms with Gasteiger partial charge in [-0.3, -0.25) is 14.5 Å². The number of rotatable bonds is 5. The Hall–Kier alpha value is -2.87. The second-order valence-electron chi connectivity index (χ2n) is 6.93. The van der Waals surface area contributed by atoms with Crippen molar-refractivity contribution in [3.63, 3.8) is 0 Å². The number of carbonyl (C=O) groups excluding carboxylic acids is 3. The van der Waals surface area contributed by atoms with Crippen LogP contribution < -0.4 is 15.4 Å². The number of amides is 4. The van der Waals surface area contributed by atoms with Gasteiger partial charge >= 0.3 is 6.03 Å². The number of imide groups is 1. The maximum atomic E-state index is 13.1. The number of aryl methyl sites for hydroxylation is 1. The van der Waals surface area contributed by atoms with Gasteiger partial charge < -0.3 is 15.4 Å². The van der Waals surface area contributed by atoms with Crippen LogP contribution in [0.1, 0.15) is 28.8 Å². The van der Waals surface area contributed by atoms with Crippen LogP contribution in [0.15, 0.2) is 35.7 Å². The molecule has 0 radical (unpaired) electrons. The summed E-state index contributed by atoms with van der Waals surface area (Å²) in [5.41, 5.74) is 0.675. The summed E-state index contributed by atoms with van der Waals surface area (Å²) < 4.78 is 5.27. The van der Waals surface area contributed by atoms with Gasteiger partial charge in [0.25, 0.3) is 5.91 Å². The van der Waals surface area contributed by atoms with E-state index in [1.807, 2.05) is 35.7 Å². The molecule has 1 fully saturated rings. The van der Waals surface area contributed by atoms with Gasteiger partial charge in [0.15, 0.2) is 0 Å². The Morgan fingerprint density at radius 2 is 2.14 bits per heavy atom. The zero-order valence-corrected chi connectivity index (χ0v) is 16.3. The van der Waals surface area contributed by atoms with E-state index in [2.05, 4.69) is 10.6 Å². The standard InChI is InChI=1S/C20H21N3O4S/c1-27-15-6-3-2-5-13(15)11-21-17(24)12-23-18(25)20(22-19(23)26)9-4-7-16-14(20)8-10-28-16/h2-3,5-6,8,10H,4,7,9,11-12H2,1H3,(H,21,24)(H,22,26)/t20-/m1/s1. The van der Waals surface area contributed by atoms with Crippen LogP contribution in [0.3, 0.4) is 0 Å². The number of fused-ring (bicyclic) bond motifs is 2. The van der Waals surface area contributed by atoms with Crippen molar-refractivity contribution in [3.05, 3.63) is 51.7 Å². The van der Waals surface area contributed by atoms with E-state index in [1.165, 1.54) is 0 Å². The molecule has 2 N–H and O–H groups in total. The Kier molecular flexibility index (Phi) is 4.80. The molecule has 2 aliphatic rings. The van der Waals surface area contributed by atoms with E-state index in [1.54, 1.807) is 18.4 Å². The van der Waals surface area contributed by atoms with Gasteiger partial charge in [0.05, 0.1) is 7.11 Å². The normalized spacial score (nSPS) is 20.8. The third kappa shape index (κ3) is 3.03. The lowest BCUT2D eigenvalue weighted by molar-refractivity contribution is -0.135. The Bertz CT molecular complexity index is 941. The lowest BCUT2D eigenvalue weighted by atomic mass is 9.80. The lowest BCUT2D eigenvalue weighted by Gasteiger charge is -2.31. The summed E-state index contributed by atoms with van der Waals surface area (Å²) in [5, 5.41) is 7.55. The minimum atomic E-state index is -1.02. The number of hydrogen-bond acceptors (Lipinski definition) is 5. The van der Waals surface area contributed by atoms with Crippen LogP contribution in [-0.2, 0) is 28.1 Å². The highest BCUT2D eigenvalue weighted by molar-refractivity contribution is 7.10. The van der Waals surface area contributed by atoms with Crippen molar-refractivity contribution in [1.82, 2.24) is 15.5 Å². The molecule has 146 valence electrons. The van der Waals surface area contributed by atoms with Crippen molar-refractivity contribution >= 4 is 29.2 Å². The number of hydrogen-bond donors (Lipinski definition) is 2. The Morgan fingerprint density at radius 3 is 2.96 bits per heavy atom. The Balaban J connectivity index is 1.45. The van der Waals surface area contributed by atoms with Crippen LogP contribution in [0, 0.1) is 0 Å². The molecule has 1 saturated heterocycles. The number of nitrogens with one attached hydrogen (secondary N) is 2. The molecule has 1 spiro atoms. The maximum Gasteiger partial charge on any atom is 0.325 e. The highest BCUT2D eigenvalue weighted by Gasteiger charge is 2.54. The number of nitrogens with zero attached hydrogens (tertiary/aromatic N) is 1. The van der Waals surface area contributed by atoms with Gasteiger partial charge in [-0.2, -0.15) is 0 Å². The largest absolute Gasteiger partial charge is 0.496 e. The van der Waals surface area contributed by atoms with Gasteiger partial charge in [0.1, 0.15) is 17.8 Å². The number of urea groups is 1. The van der Waals surface area contributed by atoms with Crippen molar-refractivity contribution in [2.24, 2.45) is 0 Å². The van der Waals surface area contributed by atoms with E-state index in [0.717, 1.165) is 33.7 Å². The molecule has 2 aromatic rings. The van der Waals surface area contributed by atoms with E-state index in [9.17, 15) is 14.4 Å². The van der Waals surface area contributed by atoms with Gasteiger partial charge in [-0.1, -0.05) is 18.2 Å². The van der Waals surface area contributed by atoms with Gasteiger partial charge in [-0.05, 0) is 36.8 Å². The second kappa shape index (κ2) is 7.27. The van der Waals surface area contributed by atoms with Crippen LogP contribution in [0.2, 0.25) is 0 Å². The molecule has 1 aliphatic carbocycles. The first kappa shape index (κ1) is 18.5. The van der Waals surface area contributed by atoms with Crippen molar-refractivity contribution in [2.75, 3.05) is 13.7 Å². The zero-order valence-electron chi connectivity index (χ0n) is 15.5. The van der Waals surface area contributed by atoms with Crippen molar-refractivity contribution in [1.29, 1.82) is 0 Å². The van der Waals surface area contributed by atoms with E-state index in [0.29, 0.717) is 12.2 Å². The lowest BCUT2D eigenvalue weighted by Crippen LogP contribution is -2.46. The summed E-state index contributed by atoms with van der Waals surface area (Å²) in [6.07, 6.45) is 2.30. The molecule has 1 aromatic heterocycles. The summed E-state index contributed by atoms with van der Waals surface area (Å²) in [6.45, 7) is -0.0483. The third-order valence-corrected chi connectivity index (χ3v) is 6.29. The number of carbonyl (C=O) groups is 3. The summed E-state index contributed by atoms with van der Waals surface area (Å²) in [6, 6.07) is 8.75. The van der Waals surface area contributed by atoms with E-state index in [4.69, 9.17) is 4.74 Å². The van der Waals surface area contributed by atoms with Crippen molar-refractivity contribution in [2.45, 2.75) is 31.3 Å². The molecule has 1 aromatic carbocycles. The number of ether oxygens (including phenoxy) is 1. The molecule has 4 rings (SSSR count). The first-order chi connectivity index (χ1) is 13.5. The minimum Gasteiger partial charge on any atom is -0.496 e. The smallest absolute Gasteiger partial charge is 0.325 e. The fraction of sp³-hybridized carbons (Fsp3) is 0.350. The maximum absolute atomic E-state index is 13.1. The van der Waals surface area contributed by atoms with Gasteiger partial charge in [0.2, 0.25) is 5.91 Å². The van der Waals surface area contributed by atoms with Crippen LogP contribution in [0.4, 0.5) is 4.79 Å². The third-order valence-electron chi connectivity index (χ3n) is 5.31. The molecule has 28 heavy (non-hydrogen) atoms. The van der Waals surface area contributed by atoms with Crippen molar-refractivity contribution < 1.29 is 19.1 Å². The molecule has 4 amide bonds. The number of methoxy groups -OCH3 is 1. The molecule has 1 aliphatic heterocycles. The summed E-state index contributed by atoms with van der Waals surface area (Å²) in [5.74, 6) is -0.0685.